The van der Waals surface area contributed by atoms with Crippen LogP contribution in [0.15, 0.2) is 54.6 Å². The van der Waals surface area contributed by atoms with Crippen LogP contribution in [-0.4, -0.2) is 19.2 Å². The van der Waals surface area contributed by atoms with E-state index in [9.17, 15) is 0 Å². The summed E-state index contributed by atoms with van der Waals surface area (Å²) in [5.74, 6) is 1.32. The molecule has 28 heavy (non-hydrogen) atoms. The van der Waals surface area contributed by atoms with Gasteiger partial charge in [-0.1, -0.05) is 30.4 Å². The molecule has 0 saturated carbocycles. The highest BCUT2D eigenvalue weighted by molar-refractivity contribution is 5.73. The lowest BCUT2D eigenvalue weighted by molar-refractivity contribution is 0.417. The Hall–Kier alpha value is -3.73. The molecule has 0 radical (unpaired) electrons. The van der Waals surface area contributed by atoms with Gasteiger partial charge in [0, 0.05) is 0 Å². The van der Waals surface area contributed by atoms with Crippen molar-refractivity contribution in [2.75, 3.05) is 25.7 Å². The second-order valence-electron chi connectivity index (χ2n) is 6.16. The van der Waals surface area contributed by atoms with Crippen LogP contribution in [0.3, 0.4) is 0 Å². The number of aromatic nitrogens is 1. The van der Waals surface area contributed by atoms with Crippen LogP contribution in [0.2, 0.25) is 0 Å². The summed E-state index contributed by atoms with van der Waals surface area (Å²) in [6.07, 6.45) is 7.86. The zero-order valence-electron chi connectivity index (χ0n) is 15.9. The van der Waals surface area contributed by atoms with Crippen molar-refractivity contribution in [2.45, 2.75) is 0 Å². The number of hydrogen-bond donors (Lipinski definition) is 2. The van der Waals surface area contributed by atoms with E-state index in [4.69, 9.17) is 20.9 Å². The Morgan fingerprint density at radius 1 is 0.679 bits per heavy atom. The molecule has 0 aliphatic carbocycles. The maximum atomic E-state index is 5.85. The molecule has 0 amide bonds. The Morgan fingerprint density at radius 3 is 1.57 bits per heavy atom. The van der Waals surface area contributed by atoms with E-state index in [0.717, 1.165) is 22.5 Å². The van der Waals surface area contributed by atoms with Gasteiger partial charge in [-0.15, -0.1) is 0 Å². The van der Waals surface area contributed by atoms with E-state index in [-0.39, 0.29) is 0 Å². The predicted octanol–water partition coefficient (Wildman–Crippen LogP) is 4.60. The summed E-state index contributed by atoms with van der Waals surface area (Å²) in [5.41, 5.74) is 16.6. The number of hydrogen-bond acceptors (Lipinski definition) is 5. The van der Waals surface area contributed by atoms with Gasteiger partial charge in [-0.3, -0.25) is 0 Å². The second-order valence-corrected chi connectivity index (χ2v) is 6.16. The topological polar surface area (TPSA) is 83.4 Å². The molecule has 0 spiro atoms. The molecule has 0 fully saturated rings. The third-order valence-corrected chi connectivity index (χ3v) is 4.20. The molecule has 0 aliphatic heterocycles. The highest BCUT2D eigenvalue weighted by Gasteiger charge is 2.00. The van der Waals surface area contributed by atoms with Crippen molar-refractivity contribution in [1.82, 2.24) is 4.98 Å². The smallest absolute Gasteiger partial charge is 0.142 e. The summed E-state index contributed by atoms with van der Waals surface area (Å²) in [4.78, 5) is 4.64. The largest absolute Gasteiger partial charge is 0.495 e. The fourth-order valence-electron chi connectivity index (χ4n) is 2.68. The molecule has 5 heteroatoms. The van der Waals surface area contributed by atoms with Crippen molar-refractivity contribution >= 4 is 35.7 Å². The van der Waals surface area contributed by atoms with Gasteiger partial charge in [-0.05, 0) is 59.7 Å². The zero-order chi connectivity index (χ0) is 19.9. The number of nitrogens with zero attached hydrogens (tertiary/aromatic N) is 1. The standard InChI is InChI=1S/C23H23N3O2/c1-27-22-14-16(8-12-20(22)24)6-10-18-4-3-5-19(26-18)11-7-17-9-13-21(25)23(15-17)28-2/h3-15H,24-25H2,1-2H3/b10-6+,11-7+. The fourth-order valence-corrected chi connectivity index (χ4v) is 2.68. The number of ether oxygens (including phenoxy) is 2. The molecule has 5 nitrogen and oxygen atoms in total. The van der Waals surface area contributed by atoms with Gasteiger partial charge in [0.1, 0.15) is 11.5 Å². The van der Waals surface area contributed by atoms with E-state index in [2.05, 4.69) is 4.98 Å². The minimum Gasteiger partial charge on any atom is -0.495 e. The van der Waals surface area contributed by atoms with E-state index >= 15 is 0 Å². The van der Waals surface area contributed by atoms with Crippen molar-refractivity contribution in [2.24, 2.45) is 0 Å². The van der Waals surface area contributed by atoms with Crippen molar-refractivity contribution in [3.63, 3.8) is 0 Å². The summed E-state index contributed by atoms with van der Waals surface area (Å²) < 4.78 is 10.5. The molecule has 1 aromatic heterocycles. The van der Waals surface area contributed by atoms with Gasteiger partial charge < -0.3 is 20.9 Å². The SMILES string of the molecule is COc1cc(/C=C/c2cccc(/C=C/c3ccc(N)c(OC)c3)n2)ccc1N. The molecule has 0 unspecified atom stereocenters. The molecule has 2 aromatic carbocycles. The zero-order valence-corrected chi connectivity index (χ0v) is 15.9. The Bertz CT molecular complexity index is 947. The number of pyridine rings is 1. The lowest BCUT2D eigenvalue weighted by Gasteiger charge is -2.05. The van der Waals surface area contributed by atoms with Crippen LogP contribution >= 0.6 is 0 Å². The summed E-state index contributed by atoms with van der Waals surface area (Å²) in [6, 6.07) is 17.2. The number of anilines is 2. The molecule has 3 aromatic rings. The van der Waals surface area contributed by atoms with Gasteiger partial charge in [0.2, 0.25) is 0 Å². The maximum Gasteiger partial charge on any atom is 0.142 e. The maximum absolute atomic E-state index is 5.85. The first-order valence-electron chi connectivity index (χ1n) is 8.79. The van der Waals surface area contributed by atoms with Gasteiger partial charge in [0.25, 0.3) is 0 Å². The Balaban J connectivity index is 1.77. The van der Waals surface area contributed by atoms with Gasteiger partial charge in [0.15, 0.2) is 0 Å². The molecular formula is C23H23N3O2. The van der Waals surface area contributed by atoms with E-state index in [1.54, 1.807) is 14.2 Å². The van der Waals surface area contributed by atoms with Crippen LogP contribution in [0.25, 0.3) is 24.3 Å². The van der Waals surface area contributed by atoms with Gasteiger partial charge in [0.05, 0.1) is 37.0 Å². The van der Waals surface area contributed by atoms with Crippen LogP contribution in [0.5, 0.6) is 11.5 Å². The van der Waals surface area contributed by atoms with Gasteiger partial charge >= 0.3 is 0 Å². The normalized spacial score (nSPS) is 11.2. The Kier molecular flexibility index (Phi) is 5.97. The summed E-state index contributed by atoms with van der Waals surface area (Å²) in [6.45, 7) is 0. The fraction of sp³-hybridized carbons (Fsp3) is 0.0870. The molecule has 0 atom stereocenters. The predicted molar refractivity (Wildman–Crippen MR) is 117 cm³/mol. The quantitative estimate of drug-likeness (QED) is 0.617. The van der Waals surface area contributed by atoms with E-state index < -0.39 is 0 Å². The van der Waals surface area contributed by atoms with Crippen LogP contribution in [-0.2, 0) is 0 Å². The number of nitrogen functional groups attached to an aromatic ring is 2. The van der Waals surface area contributed by atoms with Crippen LogP contribution in [0.4, 0.5) is 11.4 Å². The van der Waals surface area contributed by atoms with E-state index in [1.807, 2.05) is 78.9 Å². The summed E-state index contributed by atoms with van der Waals surface area (Å²) in [5, 5.41) is 0. The van der Waals surface area contributed by atoms with Crippen LogP contribution in [0.1, 0.15) is 22.5 Å². The monoisotopic (exact) mass is 373 g/mol. The molecule has 0 aliphatic rings. The number of rotatable bonds is 6. The molecule has 4 N–H and O–H groups in total. The van der Waals surface area contributed by atoms with Crippen molar-refractivity contribution in [3.8, 4) is 11.5 Å². The van der Waals surface area contributed by atoms with Crippen LogP contribution < -0.4 is 20.9 Å². The van der Waals surface area contributed by atoms with Gasteiger partial charge in [-0.25, -0.2) is 4.98 Å². The average molecular weight is 373 g/mol. The molecule has 1 heterocycles. The molecule has 3 rings (SSSR count). The highest BCUT2D eigenvalue weighted by atomic mass is 16.5. The minimum absolute atomic E-state index is 0.615. The molecule has 0 bridgehead atoms. The highest BCUT2D eigenvalue weighted by Crippen LogP contribution is 2.24. The minimum atomic E-state index is 0.615. The number of methoxy groups -OCH3 is 2. The Labute approximate surface area is 164 Å². The first-order chi connectivity index (χ1) is 13.6. The first kappa shape index (κ1) is 19.0. The third-order valence-electron chi connectivity index (χ3n) is 4.20. The molecule has 0 saturated heterocycles. The van der Waals surface area contributed by atoms with Crippen molar-refractivity contribution in [3.05, 3.63) is 77.1 Å². The summed E-state index contributed by atoms with van der Waals surface area (Å²) >= 11 is 0. The lowest BCUT2D eigenvalue weighted by Crippen LogP contribution is -1.92. The van der Waals surface area contributed by atoms with E-state index in [0.29, 0.717) is 22.9 Å². The molecule has 142 valence electrons. The van der Waals surface area contributed by atoms with E-state index in [1.165, 1.54) is 0 Å². The first-order valence-corrected chi connectivity index (χ1v) is 8.79. The third kappa shape index (κ3) is 4.71. The number of benzene rings is 2. The van der Waals surface area contributed by atoms with Crippen molar-refractivity contribution in [1.29, 1.82) is 0 Å². The number of nitrogens with two attached hydrogens (primary N) is 2. The van der Waals surface area contributed by atoms with Crippen molar-refractivity contribution < 1.29 is 9.47 Å². The van der Waals surface area contributed by atoms with Gasteiger partial charge in [-0.2, -0.15) is 0 Å². The Morgan fingerprint density at radius 2 is 1.14 bits per heavy atom. The molecular weight excluding hydrogens is 350 g/mol. The lowest BCUT2D eigenvalue weighted by atomic mass is 10.1. The van der Waals surface area contributed by atoms with Crippen LogP contribution in [0, 0.1) is 0 Å². The summed E-state index contributed by atoms with van der Waals surface area (Å²) in [7, 11) is 3.21. The second kappa shape index (κ2) is 8.77. The average Bonchev–Trinajstić information content (AvgIpc) is 2.73.